The van der Waals surface area contributed by atoms with E-state index in [-0.39, 0.29) is 11.1 Å². The summed E-state index contributed by atoms with van der Waals surface area (Å²) in [5.74, 6) is 2.45. The Bertz CT molecular complexity index is 1230. The monoisotopic (exact) mass is 520 g/mol. The standard InChI is InChI=1S/C26H32N2O3.ClHO4/c1-25(2)15-18(16-26(3,4)28-25)27-22-14-24(17-7-9-19(29-5)10-8-17)31-23-12-11-20(30-6)13-21(22)23;2-1(3,4)5/h7-14,18,28H,15-16H2,1-6H3;(H,2,3,4,5). The number of rotatable bonds is 4. The van der Waals surface area contributed by atoms with Gasteiger partial charge in [0.2, 0.25) is 5.36 Å². The lowest BCUT2D eigenvalue weighted by Gasteiger charge is -2.43. The Kier molecular flexibility index (Phi) is 8.34. The van der Waals surface area contributed by atoms with Gasteiger partial charge < -0.3 is 19.2 Å². The molecule has 1 aromatic heterocycles. The fourth-order valence-electron chi connectivity index (χ4n) is 4.95. The summed E-state index contributed by atoms with van der Waals surface area (Å²) in [6, 6.07) is 16.3. The maximum Gasteiger partial charge on any atom is 0.213 e. The van der Waals surface area contributed by atoms with E-state index in [1.165, 1.54) is 0 Å². The predicted octanol–water partition coefficient (Wildman–Crippen LogP) is -1.35. The first kappa shape index (κ1) is 27.9. The molecular formula is C26H33ClN2O7. The second kappa shape index (κ2) is 10.8. The van der Waals surface area contributed by atoms with Crippen LogP contribution in [0.5, 0.6) is 11.5 Å². The molecule has 10 heteroatoms. The molecule has 4 rings (SSSR count). The van der Waals surface area contributed by atoms with Crippen LogP contribution < -0.4 is 43.8 Å². The van der Waals surface area contributed by atoms with Crippen LogP contribution in [0.25, 0.3) is 22.3 Å². The molecule has 3 aromatic rings. The molecule has 0 aliphatic carbocycles. The van der Waals surface area contributed by atoms with Crippen LogP contribution in [0.3, 0.4) is 0 Å². The number of nitrogens with one attached hydrogen (secondary N) is 2. The van der Waals surface area contributed by atoms with Crippen molar-refractivity contribution >= 4 is 11.0 Å². The van der Waals surface area contributed by atoms with Gasteiger partial charge in [0.25, 0.3) is 0 Å². The van der Waals surface area contributed by atoms with Gasteiger partial charge in [0.05, 0.1) is 25.7 Å². The molecule has 1 fully saturated rings. The minimum Gasteiger partial charge on any atom is -0.497 e. The van der Waals surface area contributed by atoms with Crippen LogP contribution in [0, 0.1) is 10.2 Å². The average molecular weight is 521 g/mol. The molecule has 0 unspecified atom stereocenters. The molecule has 196 valence electrons. The van der Waals surface area contributed by atoms with Crippen LogP contribution in [0.1, 0.15) is 40.5 Å². The summed E-state index contributed by atoms with van der Waals surface area (Å²) in [4.78, 5) is 3.84. The molecule has 1 aliphatic heterocycles. The Hall–Kier alpha value is -2.66. The number of ether oxygens (including phenoxy) is 2. The van der Waals surface area contributed by atoms with E-state index in [9.17, 15) is 0 Å². The molecule has 9 nitrogen and oxygen atoms in total. The Morgan fingerprint density at radius 2 is 1.39 bits per heavy atom. The second-order valence-corrected chi connectivity index (χ2v) is 10.9. The van der Waals surface area contributed by atoms with E-state index in [0.29, 0.717) is 6.04 Å². The minimum absolute atomic E-state index is 0.0604. The molecule has 2 aromatic carbocycles. The van der Waals surface area contributed by atoms with Gasteiger partial charge in [-0.3, -0.25) is 0 Å². The Labute approximate surface area is 212 Å². The van der Waals surface area contributed by atoms with Crippen molar-refractivity contribution in [3.63, 3.8) is 0 Å². The third-order valence-electron chi connectivity index (χ3n) is 5.90. The molecule has 0 radical (unpaired) electrons. The number of hydrogen-bond donors (Lipinski definition) is 2. The lowest BCUT2D eigenvalue weighted by Crippen LogP contribution is -2.86. The van der Waals surface area contributed by atoms with E-state index >= 15 is 0 Å². The zero-order valence-electron chi connectivity index (χ0n) is 21.3. The summed E-state index contributed by atoms with van der Waals surface area (Å²) in [5, 5.41) is 5.84. The maximum absolute atomic E-state index is 8.49. The highest BCUT2D eigenvalue weighted by atomic mass is 35.7. The summed E-state index contributed by atoms with van der Waals surface area (Å²) in [7, 11) is -1.58. The van der Waals surface area contributed by atoms with Crippen LogP contribution in [-0.2, 0) is 0 Å². The van der Waals surface area contributed by atoms with Gasteiger partial charge in [-0.2, -0.15) is 0 Å². The van der Waals surface area contributed by atoms with Gasteiger partial charge in [-0.25, -0.2) is 23.6 Å². The molecular weight excluding hydrogens is 488 g/mol. The second-order valence-electron chi connectivity index (χ2n) is 10.1. The normalized spacial score (nSPS) is 17.9. The Morgan fingerprint density at radius 1 is 0.861 bits per heavy atom. The summed E-state index contributed by atoms with van der Waals surface area (Å²) in [6.45, 7) is 9.08. The Balaban J connectivity index is 0.000000658. The molecule has 2 N–H and O–H groups in total. The molecule has 0 bridgehead atoms. The van der Waals surface area contributed by atoms with Crippen LogP contribution in [0.15, 0.2) is 52.9 Å². The van der Waals surface area contributed by atoms with E-state index in [1.54, 1.807) is 14.2 Å². The van der Waals surface area contributed by atoms with Crippen LogP contribution in [0.4, 0.5) is 0 Å². The highest BCUT2D eigenvalue weighted by Gasteiger charge is 2.40. The zero-order chi connectivity index (χ0) is 26.7. The summed E-state index contributed by atoms with van der Waals surface area (Å²) in [6.07, 6.45) is 2.07. The van der Waals surface area contributed by atoms with E-state index in [2.05, 4.69) is 44.1 Å². The number of hydrogen-bond acceptors (Lipinski definition) is 8. The minimum atomic E-state index is -4.94. The van der Waals surface area contributed by atoms with Gasteiger partial charge in [0.15, 0.2) is 6.04 Å². The van der Waals surface area contributed by atoms with E-state index in [4.69, 9.17) is 32.5 Å². The Morgan fingerprint density at radius 3 is 1.92 bits per heavy atom. The first-order valence-electron chi connectivity index (χ1n) is 11.4. The van der Waals surface area contributed by atoms with E-state index in [0.717, 1.165) is 52.0 Å². The lowest BCUT2D eigenvalue weighted by atomic mass is 9.80. The van der Waals surface area contributed by atoms with Crippen LogP contribution >= 0.6 is 0 Å². The fraction of sp³-hybridized carbons (Fsp3) is 0.423. The number of methoxy groups -OCH3 is 2. The third-order valence-corrected chi connectivity index (χ3v) is 5.90. The number of benzene rings is 2. The largest absolute Gasteiger partial charge is 0.497 e. The van der Waals surface area contributed by atoms with E-state index < -0.39 is 10.2 Å². The number of fused-ring (bicyclic) bond motifs is 1. The van der Waals surface area contributed by atoms with E-state index in [1.807, 2.05) is 42.5 Å². The van der Waals surface area contributed by atoms with Crippen molar-refractivity contribution in [1.82, 2.24) is 5.32 Å². The number of halogens is 1. The van der Waals surface area contributed by atoms with Gasteiger partial charge in [-0.1, -0.05) is 0 Å². The molecule has 0 atom stereocenters. The van der Waals surface area contributed by atoms with Gasteiger partial charge in [0, 0.05) is 29.5 Å². The van der Waals surface area contributed by atoms with Crippen molar-refractivity contribution in [2.24, 2.45) is 0 Å². The molecule has 2 heterocycles. The molecule has 0 saturated carbocycles. The smallest absolute Gasteiger partial charge is 0.213 e. The summed E-state index contributed by atoms with van der Waals surface area (Å²) < 4.78 is 51.0. The maximum atomic E-state index is 8.49. The topological polar surface area (TPSA) is 150 Å². The van der Waals surface area contributed by atoms with Crippen molar-refractivity contribution < 1.29 is 47.8 Å². The SMILES string of the molecule is COc1ccc(-c2cc(=[NH+]C3CC(C)(C)NC(C)(C)C3)c3cc(OC)ccc3o2)cc1.[O-][Cl+3]([O-])([O-])[O-]. The predicted molar refractivity (Wildman–Crippen MR) is 123 cm³/mol. The lowest BCUT2D eigenvalue weighted by molar-refractivity contribution is -2.00. The quantitative estimate of drug-likeness (QED) is 0.429. The fourth-order valence-corrected chi connectivity index (χ4v) is 4.95. The van der Waals surface area contributed by atoms with Gasteiger partial charge in [0.1, 0.15) is 22.8 Å². The van der Waals surface area contributed by atoms with Crippen molar-refractivity contribution in [2.45, 2.75) is 57.7 Å². The van der Waals surface area contributed by atoms with Crippen LogP contribution in [0.2, 0.25) is 0 Å². The van der Waals surface area contributed by atoms with Crippen molar-refractivity contribution in [2.75, 3.05) is 14.2 Å². The average Bonchev–Trinajstić information content (AvgIpc) is 2.75. The van der Waals surface area contributed by atoms with Crippen LogP contribution in [-0.4, -0.2) is 31.3 Å². The number of piperidine rings is 1. The highest BCUT2D eigenvalue weighted by molar-refractivity contribution is 5.79. The summed E-state index contributed by atoms with van der Waals surface area (Å²) >= 11 is 0. The van der Waals surface area contributed by atoms with Gasteiger partial charge in [-0.05, 0) is 70.2 Å². The van der Waals surface area contributed by atoms with Crippen molar-refractivity contribution in [3.8, 4) is 22.8 Å². The van der Waals surface area contributed by atoms with Gasteiger partial charge in [-0.15, -0.1) is 10.2 Å². The summed E-state index contributed by atoms with van der Waals surface area (Å²) in [5.41, 5.74) is 1.95. The van der Waals surface area contributed by atoms with Crippen molar-refractivity contribution in [3.05, 3.63) is 53.9 Å². The molecule has 1 saturated heterocycles. The molecule has 1 aliphatic rings. The zero-order valence-corrected chi connectivity index (χ0v) is 22.1. The first-order chi connectivity index (χ1) is 16.7. The molecule has 0 amide bonds. The van der Waals surface area contributed by atoms with Gasteiger partial charge >= 0.3 is 0 Å². The first-order valence-corrected chi connectivity index (χ1v) is 12.7. The third kappa shape index (κ3) is 7.92. The molecule has 36 heavy (non-hydrogen) atoms. The van der Waals surface area contributed by atoms with Crippen molar-refractivity contribution in [1.29, 1.82) is 0 Å². The highest BCUT2D eigenvalue weighted by Crippen LogP contribution is 2.28. The molecule has 0 spiro atoms.